The summed E-state index contributed by atoms with van der Waals surface area (Å²) in [5, 5.41) is 0. The first kappa shape index (κ1) is 15.8. The maximum Gasteiger partial charge on any atom is 0.247 e. The van der Waals surface area contributed by atoms with Gasteiger partial charge in [0.15, 0.2) is 0 Å². The SMILES string of the molecule is CSc1ccc(C(C)NS(=O)(=O)c2ccc(=O)[nH]c2)cc1. The fourth-order valence-electron chi connectivity index (χ4n) is 1.82. The molecule has 7 heteroatoms. The first-order chi connectivity index (χ1) is 9.92. The summed E-state index contributed by atoms with van der Waals surface area (Å²) in [6.07, 6.45) is 3.17. The van der Waals surface area contributed by atoms with Gasteiger partial charge in [0, 0.05) is 23.2 Å². The van der Waals surface area contributed by atoms with Crippen LogP contribution in [-0.2, 0) is 10.0 Å². The lowest BCUT2D eigenvalue weighted by atomic mass is 10.1. The zero-order valence-electron chi connectivity index (χ0n) is 11.7. The fraction of sp³-hybridized carbons (Fsp3) is 0.214. The number of nitrogens with one attached hydrogen (secondary N) is 2. The van der Waals surface area contributed by atoms with Crippen molar-refractivity contribution in [1.29, 1.82) is 0 Å². The van der Waals surface area contributed by atoms with E-state index in [9.17, 15) is 13.2 Å². The van der Waals surface area contributed by atoms with Crippen LogP contribution in [0.3, 0.4) is 0 Å². The largest absolute Gasteiger partial charge is 0.328 e. The van der Waals surface area contributed by atoms with Crippen molar-refractivity contribution in [3.63, 3.8) is 0 Å². The topological polar surface area (TPSA) is 79.0 Å². The molecule has 0 saturated heterocycles. The lowest BCUT2D eigenvalue weighted by molar-refractivity contribution is 0.566. The van der Waals surface area contributed by atoms with E-state index < -0.39 is 10.0 Å². The molecule has 2 N–H and O–H groups in total. The molecule has 0 fully saturated rings. The Morgan fingerprint density at radius 2 is 1.81 bits per heavy atom. The average molecular weight is 324 g/mol. The van der Waals surface area contributed by atoms with Gasteiger partial charge in [0.25, 0.3) is 0 Å². The molecule has 0 saturated carbocycles. The van der Waals surface area contributed by atoms with Crippen LogP contribution < -0.4 is 10.3 Å². The lowest BCUT2D eigenvalue weighted by Crippen LogP contribution is -2.27. The number of H-pyrrole nitrogens is 1. The van der Waals surface area contributed by atoms with E-state index in [4.69, 9.17) is 0 Å². The molecule has 1 aromatic heterocycles. The van der Waals surface area contributed by atoms with Gasteiger partial charge in [-0.05, 0) is 36.9 Å². The van der Waals surface area contributed by atoms with Gasteiger partial charge in [-0.3, -0.25) is 4.79 Å². The molecule has 0 radical (unpaired) electrons. The Morgan fingerprint density at radius 1 is 1.14 bits per heavy atom. The quantitative estimate of drug-likeness (QED) is 0.826. The van der Waals surface area contributed by atoms with Crippen molar-refractivity contribution < 1.29 is 8.42 Å². The molecule has 1 atom stereocenters. The van der Waals surface area contributed by atoms with E-state index in [1.807, 2.05) is 30.5 Å². The second-order valence-electron chi connectivity index (χ2n) is 4.50. The molecule has 0 aliphatic carbocycles. The fourth-order valence-corrected chi connectivity index (χ4v) is 3.43. The van der Waals surface area contributed by atoms with Gasteiger partial charge in [-0.15, -0.1) is 11.8 Å². The first-order valence-electron chi connectivity index (χ1n) is 6.27. The Kier molecular flexibility index (Phi) is 4.87. The van der Waals surface area contributed by atoms with Gasteiger partial charge in [-0.25, -0.2) is 13.1 Å². The molecule has 1 unspecified atom stereocenters. The number of hydrogen-bond donors (Lipinski definition) is 2. The molecule has 0 aliphatic rings. The Morgan fingerprint density at radius 3 is 2.33 bits per heavy atom. The van der Waals surface area contributed by atoms with Gasteiger partial charge in [-0.2, -0.15) is 0 Å². The summed E-state index contributed by atoms with van der Waals surface area (Å²) in [6, 6.07) is 9.79. The molecule has 112 valence electrons. The monoisotopic (exact) mass is 324 g/mol. The Labute approximate surface area is 127 Å². The predicted octanol–water partition coefficient (Wildman–Crippen LogP) is 2.14. The van der Waals surface area contributed by atoms with Crippen molar-refractivity contribution >= 4 is 21.8 Å². The maximum absolute atomic E-state index is 12.2. The van der Waals surface area contributed by atoms with Gasteiger partial charge >= 0.3 is 0 Å². The normalized spacial score (nSPS) is 13.0. The van der Waals surface area contributed by atoms with E-state index in [0.717, 1.165) is 10.5 Å². The summed E-state index contributed by atoms with van der Waals surface area (Å²) in [5.41, 5.74) is 0.537. The van der Waals surface area contributed by atoms with Crippen LogP contribution in [0.5, 0.6) is 0 Å². The number of thioether (sulfide) groups is 1. The number of benzene rings is 1. The smallest absolute Gasteiger partial charge is 0.247 e. The third-order valence-corrected chi connectivity index (χ3v) is 5.30. The van der Waals surface area contributed by atoms with Crippen LogP contribution in [0.4, 0.5) is 0 Å². The molecule has 0 aliphatic heterocycles. The van der Waals surface area contributed by atoms with Gasteiger partial charge in [0.05, 0.1) is 4.90 Å². The van der Waals surface area contributed by atoms with Crippen molar-refractivity contribution in [3.05, 3.63) is 58.5 Å². The predicted molar refractivity (Wildman–Crippen MR) is 84.0 cm³/mol. The van der Waals surface area contributed by atoms with E-state index in [-0.39, 0.29) is 16.5 Å². The highest BCUT2D eigenvalue weighted by molar-refractivity contribution is 7.98. The minimum absolute atomic E-state index is 0.0367. The summed E-state index contributed by atoms with van der Waals surface area (Å²) in [7, 11) is -3.67. The second-order valence-corrected chi connectivity index (χ2v) is 7.10. The lowest BCUT2D eigenvalue weighted by Gasteiger charge is -2.15. The van der Waals surface area contributed by atoms with E-state index in [1.165, 1.54) is 18.3 Å². The number of aromatic nitrogens is 1. The molecule has 0 amide bonds. The van der Waals surface area contributed by atoms with E-state index in [2.05, 4.69) is 9.71 Å². The maximum atomic E-state index is 12.2. The van der Waals surface area contributed by atoms with Crippen molar-refractivity contribution in [2.45, 2.75) is 22.8 Å². The summed E-state index contributed by atoms with van der Waals surface area (Å²) in [5.74, 6) is 0. The van der Waals surface area contributed by atoms with Crippen LogP contribution in [0.2, 0.25) is 0 Å². The van der Waals surface area contributed by atoms with Crippen LogP contribution in [0.25, 0.3) is 0 Å². The number of rotatable bonds is 5. The van der Waals surface area contributed by atoms with Gasteiger partial charge < -0.3 is 4.98 Å². The van der Waals surface area contributed by atoms with Gasteiger partial charge in [0.1, 0.15) is 0 Å². The van der Waals surface area contributed by atoms with E-state index in [1.54, 1.807) is 18.7 Å². The second kappa shape index (κ2) is 6.46. The molecule has 2 rings (SSSR count). The summed E-state index contributed by atoms with van der Waals surface area (Å²) in [4.78, 5) is 14.5. The standard InChI is InChI=1S/C14H16N2O3S2/c1-10(11-3-5-12(20-2)6-4-11)16-21(18,19)13-7-8-14(17)15-9-13/h3-10,16H,1-2H3,(H,15,17). The van der Waals surface area contributed by atoms with Crippen LogP contribution in [0.1, 0.15) is 18.5 Å². The Balaban J connectivity index is 2.18. The molecule has 1 aromatic carbocycles. The average Bonchev–Trinajstić information content (AvgIpc) is 2.47. The number of hydrogen-bond acceptors (Lipinski definition) is 4. The summed E-state index contributed by atoms with van der Waals surface area (Å²) >= 11 is 1.63. The number of pyridine rings is 1. The summed E-state index contributed by atoms with van der Waals surface area (Å²) < 4.78 is 27.0. The molecule has 0 bridgehead atoms. The molecular weight excluding hydrogens is 308 g/mol. The number of sulfonamides is 1. The van der Waals surface area contributed by atoms with Crippen molar-refractivity contribution in [2.24, 2.45) is 0 Å². The van der Waals surface area contributed by atoms with E-state index in [0.29, 0.717) is 0 Å². The Hall–Kier alpha value is -1.57. The molecule has 2 aromatic rings. The van der Waals surface area contributed by atoms with Crippen molar-refractivity contribution in [1.82, 2.24) is 9.71 Å². The van der Waals surface area contributed by atoms with Crippen LogP contribution >= 0.6 is 11.8 Å². The van der Waals surface area contributed by atoms with Crippen LogP contribution in [0, 0.1) is 0 Å². The minimum Gasteiger partial charge on any atom is -0.328 e. The minimum atomic E-state index is -3.67. The first-order valence-corrected chi connectivity index (χ1v) is 8.98. The highest BCUT2D eigenvalue weighted by atomic mass is 32.2. The molecule has 1 heterocycles. The highest BCUT2D eigenvalue weighted by Gasteiger charge is 2.18. The molecule has 0 spiro atoms. The van der Waals surface area contributed by atoms with Gasteiger partial charge in [0.2, 0.25) is 15.6 Å². The molecular formula is C14H16N2O3S2. The Bertz CT molecular complexity index is 747. The van der Waals surface area contributed by atoms with Crippen LogP contribution in [-0.4, -0.2) is 19.7 Å². The highest BCUT2D eigenvalue weighted by Crippen LogP contribution is 2.20. The van der Waals surface area contributed by atoms with Crippen molar-refractivity contribution in [2.75, 3.05) is 6.26 Å². The third kappa shape index (κ3) is 3.96. The summed E-state index contributed by atoms with van der Waals surface area (Å²) in [6.45, 7) is 1.78. The zero-order chi connectivity index (χ0) is 15.5. The number of aromatic amines is 1. The van der Waals surface area contributed by atoms with Crippen molar-refractivity contribution in [3.8, 4) is 0 Å². The zero-order valence-corrected chi connectivity index (χ0v) is 13.3. The molecule has 5 nitrogen and oxygen atoms in total. The third-order valence-electron chi connectivity index (χ3n) is 3.01. The molecule has 21 heavy (non-hydrogen) atoms. The van der Waals surface area contributed by atoms with E-state index >= 15 is 0 Å². The van der Waals surface area contributed by atoms with Crippen LogP contribution in [0.15, 0.2) is 57.2 Å². The van der Waals surface area contributed by atoms with Gasteiger partial charge in [-0.1, -0.05) is 12.1 Å².